The van der Waals surface area contributed by atoms with Crippen LogP contribution in [0.2, 0.25) is 0 Å². The molecule has 0 rings (SSSR count). The van der Waals surface area contributed by atoms with Gasteiger partial charge in [0.05, 0.1) is 39.6 Å². The molecule has 0 saturated carbocycles. The smallest absolute Gasteiger partial charge is 0.326 e. The minimum absolute atomic E-state index is 0.00863. The Kier molecular flexibility index (Phi) is 34.9. The van der Waals surface area contributed by atoms with Crippen LogP contribution < -0.4 is 21.3 Å². The number of unbranched alkanes of at least 4 members (excludes halogenated alkanes) is 13. The lowest BCUT2D eigenvalue weighted by Gasteiger charge is -2.17. The molecule has 0 heterocycles. The summed E-state index contributed by atoms with van der Waals surface area (Å²) >= 11 is 0. The van der Waals surface area contributed by atoms with E-state index in [-0.39, 0.29) is 103 Å². The van der Waals surface area contributed by atoms with Crippen molar-refractivity contribution in [3.8, 4) is 0 Å². The number of carboxylic acid groups (broad SMARTS) is 2. The van der Waals surface area contributed by atoms with Crippen molar-refractivity contribution in [1.29, 1.82) is 0 Å². The highest BCUT2D eigenvalue weighted by Gasteiger charge is 2.25. The van der Waals surface area contributed by atoms with E-state index in [1.165, 1.54) is 64.2 Å². The topological polar surface area (TPSA) is 245 Å². The van der Waals surface area contributed by atoms with Crippen molar-refractivity contribution < 1.29 is 62.7 Å². The van der Waals surface area contributed by atoms with E-state index in [0.717, 1.165) is 19.3 Å². The van der Waals surface area contributed by atoms with Crippen molar-refractivity contribution in [2.24, 2.45) is 5.41 Å². The Morgan fingerprint density at radius 1 is 0.467 bits per heavy atom. The molecule has 0 aliphatic carbocycles. The van der Waals surface area contributed by atoms with Crippen LogP contribution in [0.1, 0.15) is 150 Å². The predicted molar refractivity (Wildman–Crippen MR) is 226 cm³/mol. The largest absolute Gasteiger partial charge is 0.480 e. The lowest BCUT2D eigenvalue weighted by atomic mass is 9.91. The number of carbonyl (C=O) groups is 7. The first-order chi connectivity index (χ1) is 28.7. The van der Waals surface area contributed by atoms with Crippen LogP contribution in [0.15, 0.2) is 0 Å². The fraction of sp³-hybridized carbons (Fsp3) is 0.837. The average molecular weight is 859 g/mol. The molecule has 60 heavy (non-hydrogen) atoms. The van der Waals surface area contributed by atoms with Gasteiger partial charge in [-0.3, -0.25) is 24.0 Å². The Balaban J connectivity index is 4.00. The van der Waals surface area contributed by atoms with E-state index in [1.54, 1.807) is 0 Å². The van der Waals surface area contributed by atoms with E-state index in [0.29, 0.717) is 13.0 Å². The van der Waals surface area contributed by atoms with Gasteiger partial charge in [0, 0.05) is 37.8 Å². The quantitative estimate of drug-likeness (QED) is 0.0466. The summed E-state index contributed by atoms with van der Waals surface area (Å²) in [5.74, 6) is -4.51. The summed E-state index contributed by atoms with van der Waals surface area (Å²) in [6.45, 7) is 9.30. The van der Waals surface area contributed by atoms with Crippen LogP contribution in [-0.2, 0) is 52.5 Å². The number of aliphatic carboxylic acids is 2. The summed E-state index contributed by atoms with van der Waals surface area (Å²) < 4.78 is 21.2. The zero-order valence-electron chi connectivity index (χ0n) is 37.0. The Bertz CT molecular complexity index is 1210. The number of carbonyl (C=O) groups excluding carboxylic acids is 5. The molecular weight excluding hydrogens is 780 g/mol. The highest BCUT2D eigenvalue weighted by atomic mass is 16.5. The normalized spacial score (nSPS) is 12.3. The fourth-order valence-corrected chi connectivity index (χ4v) is 5.73. The molecule has 2 atom stereocenters. The standard InChI is InChI=1S/C43H78N4O13/c1-5-6-7-8-9-10-11-12-13-14-15-16-17-18-19-38(50)46-35(42(55)56)21-23-39(51)47-34(41(53)54)20-22-37(49)44-24-26-57-29-31-60-33-40(52)45-25-27-58-28-30-59-32-36(48)43(2,3)4/h34-35H,5-33H2,1-4H3,(H,44,49)(H,45,52)(H,46,50)(H,47,51)(H,53,54)(H,55,56)/t34-,35-/m0/s1. The van der Waals surface area contributed by atoms with E-state index in [2.05, 4.69) is 28.2 Å². The summed E-state index contributed by atoms with van der Waals surface area (Å²) in [5.41, 5.74) is -0.449. The van der Waals surface area contributed by atoms with Crippen LogP contribution in [0.4, 0.5) is 0 Å². The summed E-state index contributed by atoms with van der Waals surface area (Å²) in [5, 5.41) is 29.1. The van der Waals surface area contributed by atoms with Crippen LogP contribution in [0.3, 0.4) is 0 Å². The first-order valence-corrected chi connectivity index (χ1v) is 22.1. The number of hydrogen-bond acceptors (Lipinski definition) is 11. The van der Waals surface area contributed by atoms with Crippen LogP contribution in [0.25, 0.3) is 0 Å². The minimum Gasteiger partial charge on any atom is -0.480 e. The lowest BCUT2D eigenvalue weighted by molar-refractivity contribution is -0.143. The third-order valence-corrected chi connectivity index (χ3v) is 9.53. The average Bonchev–Trinajstić information content (AvgIpc) is 3.19. The van der Waals surface area contributed by atoms with Crippen molar-refractivity contribution in [1.82, 2.24) is 21.3 Å². The van der Waals surface area contributed by atoms with Crippen molar-refractivity contribution in [3.05, 3.63) is 0 Å². The maximum Gasteiger partial charge on any atom is 0.326 e. The number of ketones is 1. The molecule has 17 heteroatoms. The SMILES string of the molecule is CCCCCCCCCCCCCCCCC(=O)N[C@@H](CCC(=O)N[C@@H](CCC(=O)NCCOCCOCC(=O)NCCOCCOCC(=O)C(C)(C)C)C(=O)O)C(=O)O. The van der Waals surface area contributed by atoms with Gasteiger partial charge >= 0.3 is 11.9 Å². The first-order valence-electron chi connectivity index (χ1n) is 22.1. The molecule has 6 N–H and O–H groups in total. The highest BCUT2D eigenvalue weighted by Crippen LogP contribution is 2.15. The van der Waals surface area contributed by atoms with Crippen molar-refractivity contribution in [2.75, 3.05) is 65.9 Å². The van der Waals surface area contributed by atoms with Crippen molar-refractivity contribution >= 4 is 41.4 Å². The summed E-state index contributed by atoms with van der Waals surface area (Å²) in [7, 11) is 0. The van der Waals surface area contributed by atoms with E-state index < -0.39 is 47.2 Å². The van der Waals surface area contributed by atoms with Gasteiger partial charge in [-0.2, -0.15) is 0 Å². The van der Waals surface area contributed by atoms with Crippen molar-refractivity contribution in [2.45, 2.75) is 162 Å². The number of nitrogens with one attached hydrogen (secondary N) is 4. The first kappa shape index (κ1) is 56.3. The number of amides is 4. The number of carboxylic acids is 2. The summed E-state index contributed by atoms with van der Waals surface area (Å²) in [6, 6.07) is -2.65. The van der Waals surface area contributed by atoms with E-state index in [9.17, 15) is 43.8 Å². The Morgan fingerprint density at radius 2 is 0.850 bits per heavy atom. The highest BCUT2D eigenvalue weighted by molar-refractivity contribution is 5.86. The zero-order chi connectivity index (χ0) is 44.9. The van der Waals surface area contributed by atoms with Gasteiger partial charge < -0.3 is 50.4 Å². The summed E-state index contributed by atoms with van der Waals surface area (Å²) in [4.78, 5) is 84.2. The lowest BCUT2D eigenvalue weighted by Crippen LogP contribution is -2.44. The zero-order valence-corrected chi connectivity index (χ0v) is 37.0. The molecule has 0 bridgehead atoms. The van der Waals surface area contributed by atoms with Crippen molar-refractivity contribution in [3.63, 3.8) is 0 Å². The molecule has 0 saturated heterocycles. The Morgan fingerprint density at radius 3 is 1.30 bits per heavy atom. The maximum atomic E-state index is 12.5. The third-order valence-electron chi connectivity index (χ3n) is 9.53. The molecule has 0 aliphatic rings. The maximum absolute atomic E-state index is 12.5. The van der Waals surface area contributed by atoms with Crippen LogP contribution in [0.5, 0.6) is 0 Å². The molecule has 4 amide bonds. The van der Waals surface area contributed by atoms with Gasteiger partial charge in [0.15, 0.2) is 5.78 Å². The molecule has 0 aromatic rings. The van der Waals surface area contributed by atoms with Gasteiger partial charge in [0.1, 0.15) is 25.3 Å². The second-order valence-electron chi connectivity index (χ2n) is 16.0. The Labute approximate surface area is 357 Å². The van der Waals surface area contributed by atoms with Crippen LogP contribution in [-0.4, -0.2) is 130 Å². The van der Waals surface area contributed by atoms with E-state index >= 15 is 0 Å². The molecule has 0 aromatic carbocycles. The van der Waals surface area contributed by atoms with Gasteiger partial charge in [0.2, 0.25) is 23.6 Å². The molecule has 0 aromatic heterocycles. The molecule has 0 aliphatic heterocycles. The van der Waals surface area contributed by atoms with E-state index in [1.807, 2.05) is 20.8 Å². The molecule has 348 valence electrons. The van der Waals surface area contributed by atoms with E-state index in [4.69, 9.17) is 18.9 Å². The molecule has 0 unspecified atom stereocenters. The molecule has 0 spiro atoms. The molecular formula is C43H78N4O13. The second-order valence-corrected chi connectivity index (χ2v) is 16.0. The fourth-order valence-electron chi connectivity index (χ4n) is 5.73. The second kappa shape index (κ2) is 37.1. The van der Waals surface area contributed by atoms with Gasteiger partial charge in [-0.15, -0.1) is 0 Å². The van der Waals surface area contributed by atoms with Gasteiger partial charge in [-0.25, -0.2) is 9.59 Å². The third kappa shape index (κ3) is 35.1. The number of hydrogen-bond donors (Lipinski definition) is 6. The van der Waals surface area contributed by atoms with Gasteiger partial charge in [-0.05, 0) is 19.3 Å². The van der Waals surface area contributed by atoms with Crippen LogP contribution in [0, 0.1) is 5.41 Å². The monoisotopic (exact) mass is 859 g/mol. The van der Waals surface area contributed by atoms with Gasteiger partial charge in [-0.1, -0.05) is 111 Å². The predicted octanol–water partition coefficient (Wildman–Crippen LogP) is 4.47. The number of rotatable bonds is 41. The molecule has 0 radical (unpaired) electrons. The summed E-state index contributed by atoms with van der Waals surface area (Å²) in [6.07, 6.45) is 15.9. The molecule has 17 nitrogen and oxygen atoms in total. The minimum atomic E-state index is -1.37. The molecule has 0 fully saturated rings. The number of ether oxygens (including phenoxy) is 4. The number of Topliss-reactive ketones (excluding diaryl/α,β-unsaturated/α-hetero) is 1. The van der Waals surface area contributed by atoms with Gasteiger partial charge in [0.25, 0.3) is 0 Å². The Hall–Kier alpha value is -3.67. The van der Waals surface area contributed by atoms with Crippen LogP contribution >= 0.6 is 0 Å².